The van der Waals surface area contributed by atoms with Crippen molar-refractivity contribution in [2.75, 3.05) is 20.7 Å². The minimum atomic E-state index is -1.74. The molecule has 4 amide bonds. The van der Waals surface area contributed by atoms with E-state index in [0.717, 1.165) is 9.80 Å². The first-order chi connectivity index (χ1) is 8.96. The summed E-state index contributed by atoms with van der Waals surface area (Å²) in [6, 6.07) is 7.56. The number of hydrogen-bond donors (Lipinski definition) is 1. The second kappa shape index (κ2) is 4.47. The molecule has 6 heteroatoms. The van der Waals surface area contributed by atoms with E-state index in [2.05, 4.69) is 0 Å². The molecule has 19 heavy (non-hydrogen) atoms. The number of carbonyl (C=O) groups excluding carboxylic acids is 3. The largest absolute Gasteiger partial charge is 0.394 e. The fourth-order valence-electron chi connectivity index (χ4n) is 2.26. The lowest BCUT2D eigenvalue weighted by atomic mass is 9.77. The van der Waals surface area contributed by atoms with Crippen molar-refractivity contribution in [1.82, 2.24) is 9.80 Å². The molecule has 1 fully saturated rings. The zero-order chi connectivity index (χ0) is 14.2. The topological polar surface area (TPSA) is 77.9 Å². The van der Waals surface area contributed by atoms with Gasteiger partial charge in [0.1, 0.15) is 0 Å². The maximum absolute atomic E-state index is 12.3. The van der Waals surface area contributed by atoms with Crippen LogP contribution in [0, 0.1) is 0 Å². The summed E-state index contributed by atoms with van der Waals surface area (Å²) >= 11 is 0. The van der Waals surface area contributed by atoms with Crippen LogP contribution in [0.15, 0.2) is 30.3 Å². The SMILES string of the molecule is CN1C(=O)N(C)C(=O)C(CO)(c2ccccc2)C1=O. The quantitative estimate of drug-likeness (QED) is 0.759. The summed E-state index contributed by atoms with van der Waals surface area (Å²) in [5.74, 6) is -1.43. The molecule has 0 aromatic heterocycles. The second-order valence-corrected chi connectivity index (χ2v) is 4.44. The Balaban J connectivity index is 2.64. The molecule has 6 nitrogen and oxygen atoms in total. The lowest BCUT2D eigenvalue weighted by molar-refractivity contribution is -0.152. The highest BCUT2D eigenvalue weighted by molar-refractivity contribution is 6.22. The van der Waals surface area contributed by atoms with Crippen LogP contribution in [0.4, 0.5) is 4.79 Å². The van der Waals surface area contributed by atoms with Crippen LogP contribution in [0.2, 0.25) is 0 Å². The normalized spacial score (nSPS) is 19.0. The first kappa shape index (κ1) is 13.2. The maximum Gasteiger partial charge on any atom is 0.332 e. The Hall–Kier alpha value is -2.21. The molecule has 0 aliphatic carbocycles. The molecule has 0 unspecified atom stereocenters. The molecule has 0 bridgehead atoms. The van der Waals surface area contributed by atoms with Gasteiger partial charge in [0.2, 0.25) is 0 Å². The van der Waals surface area contributed by atoms with Crippen molar-refractivity contribution in [1.29, 1.82) is 0 Å². The highest BCUT2D eigenvalue weighted by Crippen LogP contribution is 2.32. The van der Waals surface area contributed by atoms with Gasteiger partial charge in [-0.1, -0.05) is 30.3 Å². The Morgan fingerprint density at radius 1 is 1.00 bits per heavy atom. The van der Waals surface area contributed by atoms with E-state index in [4.69, 9.17) is 0 Å². The summed E-state index contributed by atoms with van der Waals surface area (Å²) in [5, 5.41) is 9.65. The third-order valence-electron chi connectivity index (χ3n) is 3.42. The van der Waals surface area contributed by atoms with E-state index >= 15 is 0 Å². The predicted octanol–water partition coefficient (Wildman–Crippen LogP) is -0.0329. The number of aliphatic hydroxyl groups is 1. The smallest absolute Gasteiger partial charge is 0.332 e. The van der Waals surface area contributed by atoms with Crippen molar-refractivity contribution in [2.45, 2.75) is 5.41 Å². The molecule has 1 saturated heterocycles. The third-order valence-corrected chi connectivity index (χ3v) is 3.42. The number of likely N-dealkylation sites (N-methyl/N-ethyl adjacent to an activating group) is 2. The van der Waals surface area contributed by atoms with Gasteiger partial charge >= 0.3 is 6.03 Å². The van der Waals surface area contributed by atoms with Crippen molar-refractivity contribution in [2.24, 2.45) is 0 Å². The molecular weight excluding hydrogens is 248 g/mol. The van der Waals surface area contributed by atoms with E-state index in [1.54, 1.807) is 30.3 Å². The van der Waals surface area contributed by atoms with Gasteiger partial charge in [0, 0.05) is 14.1 Å². The van der Waals surface area contributed by atoms with Gasteiger partial charge in [-0.15, -0.1) is 0 Å². The number of barbiturate groups is 1. The van der Waals surface area contributed by atoms with Crippen molar-refractivity contribution >= 4 is 17.8 Å². The predicted molar refractivity (Wildman–Crippen MR) is 66.1 cm³/mol. The van der Waals surface area contributed by atoms with E-state index in [9.17, 15) is 19.5 Å². The number of amides is 4. The van der Waals surface area contributed by atoms with Gasteiger partial charge in [0.05, 0.1) is 6.61 Å². The second-order valence-electron chi connectivity index (χ2n) is 4.44. The van der Waals surface area contributed by atoms with Crippen LogP contribution in [-0.2, 0) is 15.0 Å². The number of rotatable bonds is 2. The van der Waals surface area contributed by atoms with Gasteiger partial charge in [-0.3, -0.25) is 19.4 Å². The van der Waals surface area contributed by atoms with Gasteiger partial charge < -0.3 is 5.11 Å². The van der Waals surface area contributed by atoms with Crippen LogP contribution >= 0.6 is 0 Å². The van der Waals surface area contributed by atoms with Gasteiger partial charge in [0.25, 0.3) is 11.8 Å². The van der Waals surface area contributed by atoms with Crippen LogP contribution in [0.3, 0.4) is 0 Å². The number of nitrogens with zero attached hydrogens (tertiary/aromatic N) is 2. The van der Waals surface area contributed by atoms with Crippen LogP contribution in [0.1, 0.15) is 5.56 Å². The van der Waals surface area contributed by atoms with E-state index in [1.807, 2.05) is 0 Å². The molecule has 1 aliphatic rings. The van der Waals surface area contributed by atoms with E-state index < -0.39 is 29.9 Å². The molecule has 1 aliphatic heterocycles. The Kier molecular flexibility index (Phi) is 3.11. The lowest BCUT2D eigenvalue weighted by Gasteiger charge is -2.40. The first-order valence-electron chi connectivity index (χ1n) is 5.73. The van der Waals surface area contributed by atoms with E-state index in [1.165, 1.54) is 14.1 Å². The molecule has 1 heterocycles. The molecule has 100 valence electrons. The standard InChI is InChI=1S/C13H14N2O4/c1-14-10(17)13(8-16,9-6-4-3-5-7-9)11(18)15(2)12(14)19/h3-7,16H,8H2,1-2H3. The molecule has 0 radical (unpaired) electrons. The summed E-state index contributed by atoms with van der Waals surface area (Å²) in [6.07, 6.45) is 0. The molecule has 1 aromatic rings. The van der Waals surface area contributed by atoms with Crippen molar-refractivity contribution in [3.63, 3.8) is 0 Å². The summed E-state index contributed by atoms with van der Waals surface area (Å²) < 4.78 is 0. The van der Waals surface area contributed by atoms with Gasteiger partial charge in [0.15, 0.2) is 5.41 Å². The zero-order valence-corrected chi connectivity index (χ0v) is 10.7. The molecule has 2 rings (SSSR count). The minimum absolute atomic E-state index is 0.374. The van der Waals surface area contributed by atoms with Crippen molar-refractivity contribution in [3.8, 4) is 0 Å². The van der Waals surface area contributed by atoms with Crippen LogP contribution in [0.25, 0.3) is 0 Å². The summed E-state index contributed by atoms with van der Waals surface area (Å²) in [5.41, 5.74) is -1.36. The van der Waals surface area contributed by atoms with Crippen molar-refractivity contribution < 1.29 is 19.5 Å². The highest BCUT2D eigenvalue weighted by atomic mass is 16.3. The Bertz CT molecular complexity index is 517. The molecule has 0 saturated carbocycles. The number of imide groups is 2. The monoisotopic (exact) mass is 262 g/mol. The number of benzene rings is 1. The fourth-order valence-corrected chi connectivity index (χ4v) is 2.26. The minimum Gasteiger partial charge on any atom is -0.394 e. The molecular formula is C13H14N2O4. The highest BCUT2D eigenvalue weighted by Gasteiger charge is 2.56. The lowest BCUT2D eigenvalue weighted by Crippen LogP contribution is -2.66. The molecule has 1 N–H and O–H groups in total. The third kappa shape index (κ3) is 1.64. The zero-order valence-electron chi connectivity index (χ0n) is 10.7. The number of aliphatic hydroxyl groups excluding tert-OH is 1. The number of hydrogen-bond acceptors (Lipinski definition) is 4. The van der Waals surface area contributed by atoms with Gasteiger partial charge in [-0.25, -0.2) is 4.79 Å². The number of urea groups is 1. The Labute approximate surface area is 110 Å². The van der Waals surface area contributed by atoms with Crippen LogP contribution in [0.5, 0.6) is 0 Å². The fraction of sp³-hybridized carbons (Fsp3) is 0.308. The van der Waals surface area contributed by atoms with E-state index in [-0.39, 0.29) is 0 Å². The Morgan fingerprint density at radius 2 is 1.47 bits per heavy atom. The Morgan fingerprint density at radius 3 is 1.89 bits per heavy atom. The summed E-state index contributed by atoms with van der Waals surface area (Å²) in [6.45, 7) is -0.684. The average molecular weight is 262 g/mol. The van der Waals surface area contributed by atoms with Crippen LogP contribution < -0.4 is 0 Å². The molecule has 1 aromatic carbocycles. The van der Waals surface area contributed by atoms with E-state index in [0.29, 0.717) is 5.56 Å². The van der Waals surface area contributed by atoms with Gasteiger partial charge in [-0.2, -0.15) is 0 Å². The molecule has 0 atom stereocenters. The van der Waals surface area contributed by atoms with Crippen LogP contribution in [-0.4, -0.2) is 53.5 Å². The van der Waals surface area contributed by atoms with Gasteiger partial charge in [-0.05, 0) is 5.56 Å². The summed E-state index contributed by atoms with van der Waals surface area (Å²) in [4.78, 5) is 38.1. The van der Waals surface area contributed by atoms with Crippen molar-refractivity contribution in [3.05, 3.63) is 35.9 Å². The molecule has 0 spiro atoms. The summed E-state index contributed by atoms with van der Waals surface area (Å²) in [7, 11) is 2.59. The average Bonchev–Trinajstić information content (AvgIpc) is 2.45. The first-order valence-corrected chi connectivity index (χ1v) is 5.73. The number of carbonyl (C=O) groups is 3. The maximum atomic E-state index is 12.3.